The molecule has 3 nitrogen and oxygen atoms in total. The molecule has 0 radical (unpaired) electrons. The summed E-state index contributed by atoms with van der Waals surface area (Å²) < 4.78 is 12.1. The Morgan fingerprint density at radius 3 is 1.19 bits per heavy atom. The van der Waals surface area contributed by atoms with E-state index in [1.807, 2.05) is 97.1 Å². The summed E-state index contributed by atoms with van der Waals surface area (Å²) in [6.45, 7) is 0. The quantitative estimate of drug-likeness (QED) is 0.210. The first kappa shape index (κ1) is 25.6. The summed E-state index contributed by atoms with van der Waals surface area (Å²) in [7, 11) is 3.38. The predicted molar refractivity (Wildman–Crippen MR) is 173 cm³/mol. The molecule has 0 N–H and O–H groups in total. The predicted octanol–water partition coefficient (Wildman–Crippen LogP) is 9.11. The molecule has 0 amide bonds. The molecule has 0 saturated heterocycles. The molecule has 6 aromatic carbocycles. The molecule has 7 rings (SSSR count). The van der Waals surface area contributed by atoms with E-state index >= 15 is 0 Å². The van der Waals surface area contributed by atoms with Crippen molar-refractivity contribution in [2.75, 3.05) is 14.2 Å². The van der Waals surface area contributed by atoms with Gasteiger partial charge in [-0.1, -0.05) is 121 Å². The number of Topliss-reactive ketones (excluding diaryl/α,β-unsaturated/α-hetero) is 1. The van der Waals surface area contributed by atoms with Crippen LogP contribution in [-0.4, -0.2) is 20.0 Å². The number of benzene rings is 6. The van der Waals surface area contributed by atoms with E-state index in [9.17, 15) is 4.79 Å². The number of rotatable bonds is 6. The topological polar surface area (TPSA) is 35.5 Å². The molecule has 0 heterocycles. The normalized spacial score (nSPS) is 13.3. The fourth-order valence-corrected chi connectivity index (χ4v) is 6.22. The molecular weight excluding hydrogens is 516 g/mol. The average molecular weight is 545 g/mol. The van der Waals surface area contributed by atoms with Crippen molar-refractivity contribution >= 4 is 49.6 Å². The van der Waals surface area contributed by atoms with E-state index in [2.05, 4.69) is 36.4 Å². The summed E-state index contributed by atoms with van der Waals surface area (Å²) >= 11 is 0. The molecule has 3 heteroatoms. The van der Waals surface area contributed by atoms with Crippen LogP contribution < -0.4 is 9.47 Å². The van der Waals surface area contributed by atoms with Crippen molar-refractivity contribution in [1.29, 1.82) is 0 Å². The number of ether oxygens (including phenoxy) is 2. The van der Waals surface area contributed by atoms with E-state index in [1.54, 1.807) is 14.2 Å². The Hall–Kier alpha value is -5.41. The van der Waals surface area contributed by atoms with E-state index in [4.69, 9.17) is 9.47 Å². The van der Waals surface area contributed by atoms with E-state index in [1.165, 1.54) is 0 Å². The highest BCUT2D eigenvalue weighted by molar-refractivity contribution is 6.60. The van der Waals surface area contributed by atoms with Gasteiger partial charge in [0, 0.05) is 33.4 Å². The van der Waals surface area contributed by atoms with E-state index < -0.39 is 0 Å². The van der Waals surface area contributed by atoms with Gasteiger partial charge in [-0.2, -0.15) is 0 Å². The van der Waals surface area contributed by atoms with Gasteiger partial charge < -0.3 is 9.47 Å². The monoisotopic (exact) mass is 544 g/mol. The van der Waals surface area contributed by atoms with Crippen molar-refractivity contribution in [2.24, 2.45) is 0 Å². The largest absolute Gasteiger partial charge is 0.496 e. The van der Waals surface area contributed by atoms with Gasteiger partial charge in [0.25, 0.3) is 0 Å². The molecule has 0 aromatic heterocycles. The number of methoxy groups -OCH3 is 2. The number of ketones is 1. The standard InChI is InChI=1S/C39H28O3/c1-41-31-23-21-25-13-9-11-19-29(25)35(31)37-33(27-15-5-3-6-16-27)39(40)34(28-17-7-4-8-18-28)38(37)36-30-20-12-10-14-26(30)22-24-32(36)42-2/h3-24H,1-2H3. The number of hydrogen-bond donors (Lipinski definition) is 0. The lowest BCUT2D eigenvalue weighted by Crippen LogP contribution is -2.02. The third-order valence-corrected chi connectivity index (χ3v) is 8.05. The lowest BCUT2D eigenvalue weighted by atomic mass is 9.84. The van der Waals surface area contributed by atoms with Crippen LogP contribution in [0.1, 0.15) is 22.3 Å². The molecule has 0 fully saturated rings. The maximum Gasteiger partial charge on any atom is 0.195 e. The highest BCUT2D eigenvalue weighted by atomic mass is 16.5. The first-order chi connectivity index (χ1) is 20.7. The Bertz CT molecular complexity index is 1900. The van der Waals surface area contributed by atoms with Gasteiger partial charge in [0.1, 0.15) is 11.5 Å². The average Bonchev–Trinajstić information content (AvgIpc) is 3.35. The lowest BCUT2D eigenvalue weighted by Gasteiger charge is -2.21. The number of carbonyl (C=O) groups is 1. The Morgan fingerprint density at radius 2 is 0.786 bits per heavy atom. The smallest absolute Gasteiger partial charge is 0.195 e. The molecule has 42 heavy (non-hydrogen) atoms. The van der Waals surface area contributed by atoms with E-state index in [0.29, 0.717) is 22.6 Å². The van der Waals surface area contributed by atoms with Crippen LogP contribution >= 0.6 is 0 Å². The number of hydrogen-bond acceptors (Lipinski definition) is 3. The highest BCUT2D eigenvalue weighted by Gasteiger charge is 2.38. The summed E-state index contributed by atoms with van der Waals surface area (Å²) in [6.07, 6.45) is 0. The van der Waals surface area contributed by atoms with Gasteiger partial charge in [0.2, 0.25) is 0 Å². The zero-order valence-electron chi connectivity index (χ0n) is 23.4. The van der Waals surface area contributed by atoms with Crippen LogP contribution in [0.15, 0.2) is 133 Å². The fraction of sp³-hybridized carbons (Fsp3) is 0.0513. The molecule has 1 aliphatic carbocycles. The van der Waals surface area contributed by atoms with Gasteiger partial charge in [-0.25, -0.2) is 0 Å². The third kappa shape index (κ3) is 4.02. The van der Waals surface area contributed by atoms with Gasteiger partial charge in [0.15, 0.2) is 5.78 Å². The number of fused-ring (bicyclic) bond motifs is 2. The minimum Gasteiger partial charge on any atom is -0.496 e. The Labute approximate surface area is 245 Å². The van der Waals surface area contributed by atoms with Crippen LogP contribution in [0.2, 0.25) is 0 Å². The van der Waals surface area contributed by atoms with Crippen LogP contribution in [-0.2, 0) is 4.79 Å². The zero-order valence-corrected chi connectivity index (χ0v) is 23.4. The lowest BCUT2D eigenvalue weighted by molar-refractivity contribution is -0.108. The minimum absolute atomic E-state index is 0.0256. The summed E-state index contributed by atoms with van der Waals surface area (Å²) in [5, 5.41) is 4.16. The van der Waals surface area contributed by atoms with E-state index in [0.717, 1.165) is 54.9 Å². The van der Waals surface area contributed by atoms with Crippen molar-refractivity contribution < 1.29 is 14.3 Å². The molecular formula is C39H28O3. The summed E-state index contributed by atoms with van der Waals surface area (Å²) in [6, 6.07) is 44.6. The van der Waals surface area contributed by atoms with Gasteiger partial charge in [-0.3, -0.25) is 4.79 Å². The molecule has 6 aromatic rings. The number of carbonyl (C=O) groups excluding carboxylic acids is 1. The van der Waals surface area contributed by atoms with Crippen LogP contribution in [0.4, 0.5) is 0 Å². The molecule has 0 bridgehead atoms. The maximum atomic E-state index is 14.9. The SMILES string of the molecule is COc1ccc2ccccc2c1C1=C(c2ccccc2)C(=O)C(c2ccccc2)=C1c1c(OC)ccc2ccccc12. The third-order valence-electron chi connectivity index (χ3n) is 8.05. The minimum atomic E-state index is -0.0256. The molecule has 202 valence electrons. The highest BCUT2D eigenvalue weighted by Crippen LogP contribution is 2.55. The van der Waals surface area contributed by atoms with Crippen LogP contribution in [0.25, 0.3) is 43.8 Å². The van der Waals surface area contributed by atoms with Crippen LogP contribution in [0.5, 0.6) is 11.5 Å². The summed E-state index contributed by atoms with van der Waals surface area (Å²) in [4.78, 5) is 14.9. The fourth-order valence-electron chi connectivity index (χ4n) is 6.22. The first-order valence-electron chi connectivity index (χ1n) is 14.0. The Kier molecular flexibility index (Phi) is 6.41. The zero-order chi connectivity index (χ0) is 28.6. The van der Waals surface area contributed by atoms with E-state index in [-0.39, 0.29) is 5.78 Å². The van der Waals surface area contributed by atoms with Crippen molar-refractivity contribution in [1.82, 2.24) is 0 Å². The molecule has 0 saturated carbocycles. The molecule has 0 unspecified atom stereocenters. The molecule has 1 aliphatic rings. The number of allylic oxidation sites excluding steroid dienone is 4. The first-order valence-corrected chi connectivity index (χ1v) is 14.0. The Morgan fingerprint density at radius 1 is 0.405 bits per heavy atom. The Balaban J connectivity index is 1.73. The van der Waals surface area contributed by atoms with Crippen molar-refractivity contribution in [3.8, 4) is 11.5 Å². The molecule has 0 aliphatic heterocycles. The maximum absolute atomic E-state index is 14.9. The van der Waals surface area contributed by atoms with Gasteiger partial charge in [-0.15, -0.1) is 0 Å². The van der Waals surface area contributed by atoms with Crippen LogP contribution in [0.3, 0.4) is 0 Å². The van der Waals surface area contributed by atoms with Crippen molar-refractivity contribution in [3.63, 3.8) is 0 Å². The van der Waals surface area contributed by atoms with Gasteiger partial charge in [-0.05, 0) is 44.8 Å². The second-order valence-electron chi connectivity index (χ2n) is 10.3. The summed E-state index contributed by atoms with van der Waals surface area (Å²) in [5.74, 6) is 1.38. The second-order valence-corrected chi connectivity index (χ2v) is 10.3. The second kappa shape index (κ2) is 10.5. The van der Waals surface area contributed by atoms with Gasteiger partial charge in [0.05, 0.1) is 14.2 Å². The van der Waals surface area contributed by atoms with Crippen molar-refractivity contribution in [2.45, 2.75) is 0 Å². The molecule has 0 spiro atoms. The van der Waals surface area contributed by atoms with Crippen molar-refractivity contribution in [3.05, 3.63) is 156 Å². The molecule has 0 atom stereocenters. The summed E-state index contributed by atoms with van der Waals surface area (Å²) in [5.41, 5.74) is 6.47. The van der Waals surface area contributed by atoms with Gasteiger partial charge >= 0.3 is 0 Å². The van der Waals surface area contributed by atoms with Crippen LogP contribution in [0, 0.1) is 0 Å².